The molecular formula is C18H27N5OS. The van der Waals surface area contributed by atoms with Crippen molar-refractivity contribution in [3.8, 4) is 0 Å². The van der Waals surface area contributed by atoms with E-state index < -0.39 is 0 Å². The lowest BCUT2D eigenvalue weighted by Crippen LogP contribution is -2.35. The average Bonchev–Trinajstić information content (AvgIpc) is 3.25. The highest BCUT2D eigenvalue weighted by Gasteiger charge is 2.34. The molecule has 0 spiro atoms. The third-order valence-corrected chi connectivity index (χ3v) is 5.57. The fraction of sp³-hybridized carbons (Fsp3) is 0.611. The normalized spacial score (nSPS) is 20.8. The summed E-state index contributed by atoms with van der Waals surface area (Å²) in [7, 11) is 1.90. The highest BCUT2D eigenvalue weighted by atomic mass is 32.1. The number of aryl methyl sites for hydroxylation is 1. The van der Waals surface area contributed by atoms with E-state index in [4.69, 9.17) is 0 Å². The number of hydrogen-bond acceptors (Lipinski definition) is 5. The van der Waals surface area contributed by atoms with Crippen LogP contribution in [0.5, 0.6) is 0 Å². The van der Waals surface area contributed by atoms with E-state index in [-0.39, 0.29) is 23.2 Å². The summed E-state index contributed by atoms with van der Waals surface area (Å²) in [6.07, 6.45) is 4.65. The van der Waals surface area contributed by atoms with Gasteiger partial charge in [0.05, 0.1) is 22.8 Å². The van der Waals surface area contributed by atoms with E-state index in [1.807, 2.05) is 19.4 Å². The van der Waals surface area contributed by atoms with Crippen molar-refractivity contribution in [3.05, 3.63) is 34.0 Å². The highest BCUT2D eigenvalue weighted by molar-refractivity contribution is 7.09. The number of nitrogens with one attached hydrogen (secondary N) is 2. The van der Waals surface area contributed by atoms with Crippen LogP contribution < -0.4 is 10.6 Å². The van der Waals surface area contributed by atoms with Gasteiger partial charge in [-0.1, -0.05) is 20.8 Å². The number of rotatable bonds is 5. The maximum absolute atomic E-state index is 12.6. The molecule has 2 N–H and O–H groups in total. The zero-order chi connectivity index (χ0) is 18.0. The molecule has 0 aliphatic carbocycles. The monoisotopic (exact) mass is 361 g/mol. The molecule has 1 aliphatic heterocycles. The van der Waals surface area contributed by atoms with Crippen LogP contribution in [-0.2, 0) is 23.7 Å². The van der Waals surface area contributed by atoms with Gasteiger partial charge in [-0.25, -0.2) is 4.98 Å². The van der Waals surface area contributed by atoms with Gasteiger partial charge < -0.3 is 10.6 Å². The minimum absolute atomic E-state index is 0.0365. The second kappa shape index (κ2) is 7.25. The fourth-order valence-corrected chi connectivity index (χ4v) is 4.15. The lowest BCUT2D eigenvalue weighted by atomic mass is 9.90. The van der Waals surface area contributed by atoms with Gasteiger partial charge in [0.25, 0.3) is 0 Å². The predicted octanol–water partition coefficient (Wildman–Crippen LogP) is 1.84. The van der Waals surface area contributed by atoms with Crippen molar-refractivity contribution in [2.24, 2.45) is 13.0 Å². The number of hydrogen-bond donors (Lipinski definition) is 2. The van der Waals surface area contributed by atoms with Crippen LogP contribution >= 0.6 is 11.3 Å². The van der Waals surface area contributed by atoms with E-state index in [1.165, 1.54) is 0 Å². The Bertz CT molecular complexity index is 730. The molecule has 2 atom stereocenters. The molecule has 3 rings (SSSR count). The van der Waals surface area contributed by atoms with Crippen molar-refractivity contribution in [1.82, 2.24) is 25.4 Å². The van der Waals surface area contributed by atoms with Crippen molar-refractivity contribution < 1.29 is 4.79 Å². The van der Waals surface area contributed by atoms with E-state index >= 15 is 0 Å². The molecule has 1 amide bonds. The molecule has 0 aromatic carbocycles. The van der Waals surface area contributed by atoms with Crippen LogP contribution in [0.15, 0.2) is 17.8 Å². The summed E-state index contributed by atoms with van der Waals surface area (Å²) in [4.78, 5) is 17.3. The second-order valence-electron chi connectivity index (χ2n) is 7.74. The Kier molecular flexibility index (Phi) is 5.24. The Hall–Kier alpha value is -1.73. The summed E-state index contributed by atoms with van der Waals surface area (Å²) in [5, 5.41) is 13.9. The number of carbonyl (C=O) groups is 1. The van der Waals surface area contributed by atoms with Gasteiger partial charge in [-0.05, 0) is 5.56 Å². The van der Waals surface area contributed by atoms with Gasteiger partial charge in [-0.3, -0.25) is 9.48 Å². The molecule has 3 heterocycles. The molecule has 6 nitrogen and oxygen atoms in total. The first-order valence-electron chi connectivity index (χ1n) is 8.76. The zero-order valence-electron chi connectivity index (χ0n) is 15.4. The minimum Gasteiger partial charge on any atom is -0.355 e. The van der Waals surface area contributed by atoms with Gasteiger partial charge in [0, 0.05) is 56.0 Å². The molecule has 136 valence electrons. The van der Waals surface area contributed by atoms with Crippen LogP contribution in [0.3, 0.4) is 0 Å². The lowest BCUT2D eigenvalue weighted by Gasteiger charge is -2.17. The maximum Gasteiger partial charge on any atom is 0.225 e. The van der Waals surface area contributed by atoms with E-state index in [1.54, 1.807) is 16.0 Å². The summed E-state index contributed by atoms with van der Waals surface area (Å²) in [6, 6.07) is 0. The van der Waals surface area contributed by atoms with Gasteiger partial charge in [0.15, 0.2) is 0 Å². The minimum atomic E-state index is -0.0365. The predicted molar refractivity (Wildman–Crippen MR) is 99.8 cm³/mol. The SMILES string of the molecule is Cn1cc([C@H]2CNC[C@@H]2C(=O)NCCc2nc(C(C)(C)C)cs2)cn1. The van der Waals surface area contributed by atoms with Crippen molar-refractivity contribution in [3.63, 3.8) is 0 Å². The molecule has 1 saturated heterocycles. The average molecular weight is 362 g/mol. The molecule has 2 aromatic heterocycles. The standard InChI is InChI=1S/C18H27N5OS/c1-18(2,3)15-11-25-16(22-15)5-6-20-17(24)14-9-19-8-13(14)12-7-21-23(4)10-12/h7,10-11,13-14,19H,5-6,8-9H2,1-4H3,(H,20,24)/t13-,14+/m1/s1. The van der Waals surface area contributed by atoms with Crippen molar-refractivity contribution >= 4 is 17.2 Å². The summed E-state index contributed by atoms with van der Waals surface area (Å²) >= 11 is 1.67. The van der Waals surface area contributed by atoms with Gasteiger partial charge >= 0.3 is 0 Å². The molecule has 1 fully saturated rings. The smallest absolute Gasteiger partial charge is 0.225 e. The first kappa shape index (κ1) is 18.1. The van der Waals surface area contributed by atoms with Crippen LogP contribution in [0.2, 0.25) is 0 Å². The lowest BCUT2D eigenvalue weighted by molar-refractivity contribution is -0.124. The first-order valence-corrected chi connectivity index (χ1v) is 9.64. The molecule has 1 aliphatic rings. The van der Waals surface area contributed by atoms with E-state index in [9.17, 15) is 4.79 Å². The molecule has 7 heteroatoms. The van der Waals surface area contributed by atoms with Crippen LogP contribution in [0.4, 0.5) is 0 Å². The summed E-state index contributed by atoms with van der Waals surface area (Å²) in [5.74, 6) is 0.276. The molecule has 0 unspecified atom stereocenters. The Morgan fingerprint density at radius 2 is 2.24 bits per heavy atom. The Labute approximate surface area is 153 Å². The van der Waals surface area contributed by atoms with E-state index in [0.717, 1.165) is 35.8 Å². The second-order valence-corrected chi connectivity index (χ2v) is 8.68. The summed E-state index contributed by atoms with van der Waals surface area (Å²) in [6.45, 7) is 8.67. The van der Waals surface area contributed by atoms with E-state index in [2.05, 4.69) is 46.9 Å². The third-order valence-electron chi connectivity index (χ3n) is 4.66. The summed E-state index contributed by atoms with van der Waals surface area (Å²) in [5.41, 5.74) is 2.32. The van der Waals surface area contributed by atoms with Crippen molar-refractivity contribution in [1.29, 1.82) is 0 Å². The zero-order valence-corrected chi connectivity index (χ0v) is 16.2. The summed E-state index contributed by atoms with van der Waals surface area (Å²) < 4.78 is 1.79. The van der Waals surface area contributed by atoms with E-state index in [0.29, 0.717) is 6.54 Å². The quantitative estimate of drug-likeness (QED) is 0.852. The molecule has 0 saturated carbocycles. The van der Waals surface area contributed by atoms with Gasteiger partial charge in [-0.2, -0.15) is 5.10 Å². The maximum atomic E-state index is 12.6. The number of aromatic nitrogens is 3. The van der Waals surface area contributed by atoms with Crippen LogP contribution in [0.1, 0.15) is 43.0 Å². The first-order chi connectivity index (χ1) is 11.8. The Balaban J connectivity index is 1.53. The van der Waals surface area contributed by atoms with Crippen LogP contribution in [-0.4, -0.2) is 40.3 Å². The molecule has 0 radical (unpaired) electrons. The number of nitrogens with zero attached hydrogens (tertiary/aromatic N) is 3. The highest BCUT2D eigenvalue weighted by Crippen LogP contribution is 2.28. The molecule has 2 aromatic rings. The van der Waals surface area contributed by atoms with Gasteiger partial charge in [0.1, 0.15) is 0 Å². The Morgan fingerprint density at radius 1 is 1.44 bits per heavy atom. The van der Waals surface area contributed by atoms with Crippen LogP contribution in [0, 0.1) is 5.92 Å². The Morgan fingerprint density at radius 3 is 2.88 bits per heavy atom. The molecular weight excluding hydrogens is 334 g/mol. The van der Waals surface area contributed by atoms with Gasteiger partial charge in [0.2, 0.25) is 5.91 Å². The number of amides is 1. The molecule has 25 heavy (non-hydrogen) atoms. The van der Waals surface area contributed by atoms with Crippen LogP contribution in [0.25, 0.3) is 0 Å². The van der Waals surface area contributed by atoms with Crippen molar-refractivity contribution in [2.75, 3.05) is 19.6 Å². The number of carbonyl (C=O) groups excluding carboxylic acids is 1. The fourth-order valence-electron chi connectivity index (χ4n) is 3.13. The third kappa shape index (κ3) is 4.27. The topological polar surface area (TPSA) is 71.8 Å². The van der Waals surface area contributed by atoms with Crippen molar-refractivity contribution in [2.45, 2.75) is 38.5 Å². The van der Waals surface area contributed by atoms with Gasteiger partial charge in [-0.15, -0.1) is 11.3 Å². The molecule has 0 bridgehead atoms. The largest absolute Gasteiger partial charge is 0.355 e. The number of thiazole rings is 1.